The van der Waals surface area contributed by atoms with E-state index in [1.54, 1.807) is 12.3 Å². The van der Waals surface area contributed by atoms with Crippen LogP contribution in [0.1, 0.15) is 38.8 Å². The van der Waals surface area contributed by atoms with Gasteiger partial charge in [-0.3, -0.25) is 9.59 Å². The van der Waals surface area contributed by atoms with Gasteiger partial charge in [-0.05, 0) is 25.3 Å². The molecular formula is C14H21N3O2. The third kappa shape index (κ3) is 6.08. The van der Waals surface area contributed by atoms with E-state index < -0.39 is 0 Å². The molecule has 0 spiro atoms. The molecule has 0 saturated heterocycles. The molecule has 5 heteroatoms. The molecule has 0 radical (unpaired) electrons. The molecule has 104 valence electrons. The molecule has 0 aliphatic heterocycles. The predicted octanol–water partition coefficient (Wildman–Crippen LogP) is 1.53. The van der Waals surface area contributed by atoms with Gasteiger partial charge in [0.05, 0.1) is 5.69 Å². The van der Waals surface area contributed by atoms with E-state index in [1.807, 2.05) is 6.92 Å². The number of ketones is 1. The number of carbonyl (C=O) groups excluding carboxylic acids is 2. The third-order valence-electron chi connectivity index (χ3n) is 3.05. The van der Waals surface area contributed by atoms with E-state index in [-0.39, 0.29) is 17.6 Å². The van der Waals surface area contributed by atoms with Crippen molar-refractivity contribution >= 4 is 11.7 Å². The van der Waals surface area contributed by atoms with Crippen LogP contribution < -0.4 is 5.32 Å². The van der Waals surface area contributed by atoms with Crippen molar-refractivity contribution in [2.45, 2.75) is 39.5 Å². The molecule has 0 saturated carbocycles. The predicted molar refractivity (Wildman–Crippen MR) is 72.4 cm³/mol. The lowest BCUT2D eigenvalue weighted by Crippen LogP contribution is -2.23. The fourth-order valence-corrected chi connectivity index (χ4v) is 1.95. The van der Waals surface area contributed by atoms with E-state index in [0.29, 0.717) is 13.0 Å². The zero-order valence-corrected chi connectivity index (χ0v) is 11.6. The maximum absolute atomic E-state index is 12.1. The number of nitrogens with zero attached hydrogens (tertiary/aromatic N) is 2. The Bertz CT molecular complexity index is 406. The standard InChI is InChI=1S/C14H21N3O2/c1-3-12(5-4-7-16-11(2)18)14(19)9-13-6-8-15-10-17-13/h6,8,10,12H,3-5,7,9H2,1-2H3,(H,16,18). The Morgan fingerprint density at radius 2 is 2.21 bits per heavy atom. The minimum absolute atomic E-state index is 0.0274. The maximum Gasteiger partial charge on any atom is 0.216 e. The first-order valence-electron chi connectivity index (χ1n) is 6.65. The van der Waals surface area contributed by atoms with Crippen molar-refractivity contribution in [3.05, 3.63) is 24.3 Å². The van der Waals surface area contributed by atoms with Gasteiger partial charge in [0.2, 0.25) is 5.91 Å². The highest BCUT2D eigenvalue weighted by molar-refractivity contribution is 5.82. The van der Waals surface area contributed by atoms with E-state index in [2.05, 4.69) is 15.3 Å². The SMILES string of the molecule is CCC(CCCNC(C)=O)C(=O)Cc1ccncn1. The van der Waals surface area contributed by atoms with Crippen molar-refractivity contribution < 1.29 is 9.59 Å². The number of nitrogens with one attached hydrogen (secondary N) is 1. The van der Waals surface area contributed by atoms with E-state index >= 15 is 0 Å². The summed E-state index contributed by atoms with van der Waals surface area (Å²) in [6, 6.07) is 1.77. The lowest BCUT2D eigenvalue weighted by atomic mass is 9.93. The molecule has 0 aliphatic carbocycles. The second kappa shape index (κ2) is 8.34. The molecule has 1 aromatic rings. The van der Waals surface area contributed by atoms with Gasteiger partial charge in [-0.2, -0.15) is 0 Å². The number of Topliss-reactive ketones (excluding diaryl/α,β-unsaturated/α-hetero) is 1. The molecule has 1 N–H and O–H groups in total. The highest BCUT2D eigenvalue weighted by atomic mass is 16.1. The minimum Gasteiger partial charge on any atom is -0.356 e. The molecule has 0 bridgehead atoms. The molecule has 0 aromatic carbocycles. The second-order valence-electron chi connectivity index (χ2n) is 4.57. The Hall–Kier alpha value is -1.78. The van der Waals surface area contributed by atoms with Gasteiger partial charge in [-0.1, -0.05) is 6.92 Å². The molecule has 0 aliphatic rings. The number of hydrogen-bond donors (Lipinski definition) is 1. The molecular weight excluding hydrogens is 242 g/mol. The van der Waals surface area contributed by atoms with Crippen molar-refractivity contribution in [1.29, 1.82) is 0 Å². The number of carbonyl (C=O) groups is 2. The van der Waals surface area contributed by atoms with Crippen molar-refractivity contribution in [3.63, 3.8) is 0 Å². The Morgan fingerprint density at radius 3 is 2.79 bits per heavy atom. The van der Waals surface area contributed by atoms with Crippen LogP contribution in [-0.4, -0.2) is 28.2 Å². The normalized spacial score (nSPS) is 11.9. The highest BCUT2D eigenvalue weighted by Crippen LogP contribution is 2.14. The summed E-state index contributed by atoms with van der Waals surface area (Å²) in [4.78, 5) is 30.8. The molecule has 5 nitrogen and oxygen atoms in total. The van der Waals surface area contributed by atoms with E-state index in [4.69, 9.17) is 0 Å². The fraction of sp³-hybridized carbons (Fsp3) is 0.571. The van der Waals surface area contributed by atoms with Gasteiger partial charge in [0.1, 0.15) is 12.1 Å². The van der Waals surface area contributed by atoms with Crippen LogP contribution in [0.15, 0.2) is 18.6 Å². The van der Waals surface area contributed by atoms with E-state index in [9.17, 15) is 9.59 Å². The van der Waals surface area contributed by atoms with Gasteiger partial charge in [0.15, 0.2) is 0 Å². The summed E-state index contributed by atoms with van der Waals surface area (Å²) in [6.07, 6.45) is 5.92. The van der Waals surface area contributed by atoms with Crippen LogP contribution in [0.4, 0.5) is 0 Å². The molecule has 1 heterocycles. The third-order valence-corrected chi connectivity index (χ3v) is 3.05. The Labute approximate surface area is 113 Å². The first-order chi connectivity index (χ1) is 9.13. The second-order valence-corrected chi connectivity index (χ2v) is 4.57. The van der Waals surface area contributed by atoms with Gasteiger partial charge >= 0.3 is 0 Å². The Balaban J connectivity index is 2.37. The van der Waals surface area contributed by atoms with Crippen molar-refractivity contribution in [2.75, 3.05) is 6.54 Å². The number of aromatic nitrogens is 2. The fourth-order valence-electron chi connectivity index (χ4n) is 1.95. The van der Waals surface area contributed by atoms with Crippen LogP contribution in [0.3, 0.4) is 0 Å². The first kappa shape index (κ1) is 15.3. The maximum atomic E-state index is 12.1. The number of amides is 1. The summed E-state index contributed by atoms with van der Waals surface area (Å²) in [7, 11) is 0. The van der Waals surface area contributed by atoms with Crippen molar-refractivity contribution in [1.82, 2.24) is 15.3 Å². The monoisotopic (exact) mass is 263 g/mol. The minimum atomic E-state index is -0.0274. The molecule has 19 heavy (non-hydrogen) atoms. The molecule has 1 amide bonds. The van der Waals surface area contributed by atoms with Crippen LogP contribution in [0.5, 0.6) is 0 Å². The van der Waals surface area contributed by atoms with Gasteiger partial charge < -0.3 is 5.32 Å². The van der Waals surface area contributed by atoms with Gasteiger partial charge in [-0.15, -0.1) is 0 Å². The zero-order valence-electron chi connectivity index (χ0n) is 11.6. The quantitative estimate of drug-likeness (QED) is 0.722. The molecule has 0 fully saturated rings. The lowest BCUT2D eigenvalue weighted by molar-refractivity contribution is -0.122. The molecule has 1 unspecified atom stereocenters. The van der Waals surface area contributed by atoms with Crippen molar-refractivity contribution in [2.24, 2.45) is 5.92 Å². The van der Waals surface area contributed by atoms with Gasteiger partial charge in [-0.25, -0.2) is 9.97 Å². The van der Waals surface area contributed by atoms with Crippen LogP contribution >= 0.6 is 0 Å². The Kier molecular flexibility index (Phi) is 6.71. The first-order valence-corrected chi connectivity index (χ1v) is 6.65. The molecule has 1 atom stereocenters. The summed E-state index contributed by atoms with van der Waals surface area (Å²) in [5.74, 6) is 0.230. The summed E-state index contributed by atoms with van der Waals surface area (Å²) in [5, 5.41) is 2.74. The Morgan fingerprint density at radius 1 is 1.42 bits per heavy atom. The number of hydrogen-bond acceptors (Lipinski definition) is 4. The van der Waals surface area contributed by atoms with Gasteiger partial charge in [0, 0.05) is 32.0 Å². The highest BCUT2D eigenvalue weighted by Gasteiger charge is 2.16. The summed E-state index contributed by atoms with van der Waals surface area (Å²) in [5.41, 5.74) is 0.764. The molecule has 1 aromatic heterocycles. The zero-order chi connectivity index (χ0) is 14.1. The summed E-state index contributed by atoms with van der Waals surface area (Å²) >= 11 is 0. The van der Waals surface area contributed by atoms with Crippen LogP contribution in [-0.2, 0) is 16.0 Å². The van der Waals surface area contributed by atoms with Crippen LogP contribution in [0, 0.1) is 5.92 Å². The van der Waals surface area contributed by atoms with E-state index in [1.165, 1.54) is 13.3 Å². The number of rotatable bonds is 8. The largest absolute Gasteiger partial charge is 0.356 e. The van der Waals surface area contributed by atoms with Crippen LogP contribution in [0.25, 0.3) is 0 Å². The average molecular weight is 263 g/mol. The van der Waals surface area contributed by atoms with Gasteiger partial charge in [0.25, 0.3) is 0 Å². The van der Waals surface area contributed by atoms with E-state index in [0.717, 1.165) is 25.0 Å². The van der Waals surface area contributed by atoms with Crippen molar-refractivity contribution in [3.8, 4) is 0 Å². The smallest absolute Gasteiger partial charge is 0.216 e. The lowest BCUT2D eigenvalue weighted by Gasteiger charge is -2.13. The summed E-state index contributed by atoms with van der Waals surface area (Å²) in [6.45, 7) is 4.14. The summed E-state index contributed by atoms with van der Waals surface area (Å²) < 4.78 is 0. The van der Waals surface area contributed by atoms with Crippen LogP contribution in [0.2, 0.25) is 0 Å². The average Bonchev–Trinajstić information content (AvgIpc) is 2.39. The molecule has 1 rings (SSSR count). The topological polar surface area (TPSA) is 72.0 Å².